The molecule has 130 valence electrons. The summed E-state index contributed by atoms with van der Waals surface area (Å²) in [5.74, 6) is -1.57. The molecule has 3 rings (SSSR count). The van der Waals surface area contributed by atoms with Crippen molar-refractivity contribution in [2.45, 2.75) is 25.8 Å². The van der Waals surface area contributed by atoms with E-state index in [0.29, 0.717) is 0 Å². The molecule has 0 bridgehead atoms. The quantitative estimate of drug-likeness (QED) is 0.782. The van der Waals surface area contributed by atoms with E-state index in [1.807, 2.05) is 31.2 Å². The number of anilines is 1. The SMILES string of the molecule is CC1Cc2ccccc2N1C(=O)COC(=O)Cc1c(F)cccc1Cl. The van der Waals surface area contributed by atoms with Crippen LogP contribution >= 0.6 is 11.6 Å². The van der Waals surface area contributed by atoms with Gasteiger partial charge in [0.1, 0.15) is 5.82 Å². The lowest BCUT2D eigenvalue weighted by Crippen LogP contribution is -2.38. The Labute approximate surface area is 150 Å². The smallest absolute Gasteiger partial charge is 0.310 e. The van der Waals surface area contributed by atoms with Gasteiger partial charge in [-0.3, -0.25) is 9.59 Å². The maximum Gasteiger partial charge on any atom is 0.310 e. The molecule has 1 atom stereocenters. The molecular weight excluding hydrogens is 345 g/mol. The van der Waals surface area contributed by atoms with Crippen molar-refractivity contribution in [3.8, 4) is 0 Å². The average Bonchev–Trinajstić information content (AvgIpc) is 2.92. The number of amides is 1. The van der Waals surface area contributed by atoms with Crippen LogP contribution in [0.4, 0.5) is 10.1 Å². The van der Waals surface area contributed by atoms with Crippen LogP contribution in [0.5, 0.6) is 0 Å². The van der Waals surface area contributed by atoms with Crippen molar-refractivity contribution in [2.24, 2.45) is 0 Å². The van der Waals surface area contributed by atoms with Crippen LogP contribution in [0, 0.1) is 5.82 Å². The zero-order valence-corrected chi connectivity index (χ0v) is 14.4. The predicted octanol–water partition coefficient (Wildman–Crippen LogP) is 3.54. The molecule has 1 aliphatic rings. The molecule has 1 unspecified atom stereocenters. The van der Waals surface area contributed by atoms with Gasteiger partial charge in [0.25, 0.3) is 5.91 Å². The third-order valence-electron chi connectivity index (χ3n) is 4.22. The number of halogens is 2. The second-order valence-electron chi connectivity index (χ2n) is 5.98. The number of para-hydroxylation sites is 1. The number of fused-ring (bicyclic) bond motifs is 1. The molecule has 0 N–H and O–H groups in total. The molecule has 0 aliphatic carbocycles. The van der Waals surface area contributed by atoms with Crippen LogP contribution in [0.2, 0.25) is 5.02 Å². The standard InChI is InChI=1S/C19H17ClFNO3/c1-12-9-13-5-2-3-8-17(13)22(12)18(23)11-25-19(24)10-14-15(20)6-4-7-16(14)21/h2-8,12H,9-11H2,1H3. The molecule has 0 aromatic heterocycles. The van der Waals surface area contributed by atoms with Gasteiger partial charge in [0.2, 0.25) is 0 Å². The highest BCUT2D eigenvalue weighted by molar-refractivity contribution is 6.31. The normalized spacial score (nSPS) is 15.8. The summed E-state index contributed by atoms with van der Waals surface area (Å²) in [6, 6.07) is 11.8. The predicted molar refractivity (Wildman–Crippen MR) is 93.2 cm³/mol. The lowest BCUT2D eigenvalue weighted by atomic mass is 10.1. The van der Waals surface area contributed by atoms with Gasteiger partial charge in [-0.25, -0.2) is 4.39 Å². The van der Waals surface area contributed by atoms with Crippen molar-refractivity contribution in [1.29, 1.82) is 0 Å². The van der Waals surface area contributed by atoms with Gasteiger partial charge >= 0.3 is 5.97 Å². The Hall–Kier alpha value is -2.40. The number of rotatable bonds is 4. The number of esters is 1. The number of hydrogen-bond acceptors (Lipinski definition) is 3. The number of hydrogen-bond donors (Lipinski definition) is 0. The van der Waals surface area contributed by atoms with E-state index in [1.165, 1.54) is 18.2 Å². The summed E-state index contributed by atoms with van der Waals surface area (Å²) < 4.78 is 18.7. The van der Waals surface area contributed by atoms with Crippen molar-refractivity contribution >= 4 is 29.2 Å². The van der Waals surface area contributed by atoms with Crippen molar-refractivity contribution in [1.82, 2.24) is 0 Å². The topological polar surface area (TPSA) is 46.6 Å². The van der Waals surface area contributed by atoms with Gasteiger partial charge < -0.3 is 9.64 Å². The van der Waals surface area contributed by atoms with Crippen molar-refractivity contribution in [3.05, 3.63) is 64.4 Å². The summed E-state index contributed by atoms with van der Waals surface area (Å²) in [6.45, 7) is 1.56. The molecule has 4 nitrogen and oxygen atoms in total. The van der Waals surface area contributed by atoms with Gasteiger partial charge in [-0.15, -0.1) is 0 Å². The zero-order valence-electron chi connectivity index (χ0n) is 13.7. The zero-order chi connectivity index (χ0) is 18.0. The Balaban J connectivity index is 1.62. The fourth-order valence-corrected chi connectivity index (χ4v) is 3.28. The van der Waals surface area contributed by atoms with Gasteiger partial charge in [-0.1, -0.05) is 35.9 Å². The van der Waals surface area contributed by atoms with Crippen LogP contribution in [-0.2, 0) is 27.2 Å². The average molecular weight is 362 g/mol. The number of carbonyl (C=O) groups is 2. The van der Waals surface area contributed by atoms with Crippen LogP contribution < -0.4 is 4.90 Å². The first-order chi connectivity index (χ1) is 12.0. The first kappa shape index (κ1) is 17.4. The molecule has 0 saturated heterocycles. The van der Waals surface area contributed by atoms with Crippen LogP contribution in [0.1, 0.15) is 18.1 Å². The molecule has 25 heavy (non-hydrogen) atoms. The van der Waals surface area contributed by atoms with Crippen molar-refractivity contribution < 1.29 is 18.7 Å². The minimum atomic E-state index is -0.694. The maximum atomic E-state index is 13.7. The van der Waals surface area contributed by atoms with E-state index < -0.39 is 11.8 Å². The summed E-state index contributed by atoms with van der Waals surface area (Å²) >= 11 is 5.89. The Kier molecular flexibility index (Phi) is 5.04. The first-order valence-corrected chi connectivity index (χ1v) is 8.33. The monoisotopic (exact) mass is 361 g/mol. The van der Waals surface area contributed by atoms with E-state index in [1.54, 1.807) is 4.90 Å². The molecule has 2 aromatic carbocycles. The highest BCUT2D eigenvalue weighted by atomic mass is 35.5. The largest absolute Gasteiger partial charge is 0.455 e. The van der Waals surface area contributed by atoms with Gasteiger partial charge in [-0.05, 0) is 37.1 Å². The van der Waals surface area contributed by atoms with Crippen molar-refractivity contribution in [2.75, 3.05) is 11.5 Å². The molecule has 0 radical (unpaired) electrons. The molecule has 2 aromatic rings. The van der Waals surface area contributed by atoms with E-state index in [0.717, 1.165) is 17.7 Å². The molecular formula is C19H17ClFNO3. The van der Waals surface area contributed by atoms with Gasteiger partial charge in [-0.2, -0.15) is 0 Å². The summed E-state index contributed by atoms with van der Waals surface area (Å²) in [4.78, 5) is 26.0. The van der Waals surface area contributed by atoms with E-state index in [2.05, 4.69) is 0 Å². The van der Waals surface area contributed by atoms with E-state index in [4.69, 9.17) is 16.3 Å². The van der Waals surface area contributed by atoms with Crippen LogP contribution in [-0.4, -0.2) is 24.5 Å². The molecule has 0 saturated carbocycles. The summed E-state index contributed by atoms with van der Waals surface area (Å²) in [7, 11) is 0. The van der Waals surface area contributed by atoms with Crippen molar-refractivity contribution in [3.63, 3.8) is 0 Å². The highest BCUT2D eigenvalue weighted by Gasteiger charge is 2.31. The minimum absolute atomic E-state index is 0.00427. The number of benzene rings is 2. The molecule has 1 amide bonds. The third-order valence-corrected chi connectivity index (χ3v) is 4.57. The number of carbonyl (C=O) groups excluding carboxylic acids is 2. The molecule has 0 fully saturated rings. The van der Waals surface area contributed by atoms with Crippen LogP contribution in [0.25, 0.3) is 0 Å². The fraction of sp³-hybridized carbons (Fsp3) is 0.263. The summed E-state index contributed by atoms with van der Waals surface area (Å²) in [5.41, 5.74) is 2.00. The van der Waals surface area contributed by atoms with E-state index >= 15 is 0 Å². The molecule has 0 spiro atoms. The van der Waals surface area contributed by atoms with E-state index in [9.17, 15) is 14.0 Å². The number of nitrogens with zero attached hydrogens (tertiary/aromatic N) is 1. The second kappa shape index (κ2) is 7.23. The summed E-state index contributed by atoms with van der Waals surface area (Å²) in [5, 5.41) is 0.158. The van der Waals surface area contributed by atoms with Crippen LogP contribution in [0.3, 0.4) is 0 Å². The second-order valence-corrected chi connectivity index (χ2v) is 6.39. The Morgan fingerprint density at radius 2 is 2.00 bits per heavy atom. The minimum Gasteiger partial charge on any atom is -0.455 e. The lowest BCUT2D eigenvalue weighted by Gasteiger charge is -2.22. The molecule has 1 aliphatic heterocycles. The fourth-order valence-electron chi connectivity index (χ4n) is 3.05. The third kappa shape index (κ3) is 3.66. The summed E-state index contributed by atoms with van der Waals surface area (Å²) in [6.07, 6.45) is 0.450. The van der Waals surface area contributed by atoms with Gasteiger partial charge in [0.05, 0.1) is 6.42 Å². The number of ether oxygens (including phenoxy) is 1. The first-order valence-electron chi connectivity index (χ1n) is 7.96. The Morgan fingerprint density at radius 1 is 1.24 bits per heavy atom. The van der Waals surface area contributed by atoms with Gasteiger partial charge in [0, 0.05) is 22.3 Å². The molecule has 6 heteroatoms. The van der Waals surface area contributed by atoms with E-state index in [-0.39, 0.29) is 35.6 Å². The Bertz CT molecular complexity index is 804. The molecule has 1 heterocycles. The highest BCUT2D eigenvalue weighted by Crippen LogP contribution is 2.31. The van der Waals surface area contributed by atoms with Crippen LogP contribution in [0.15, 0.2) is 42.5 Å². The van der Waals surface area contributed by atoms with Gasteiger partial charge in [0.15, 0.2) is 6.61 Å². The lowest BCUT2D eigenvalue weighted by molar-refractivity contribution is -0.147. The maximum absolute atomic E-state index is 13.7. The Morgan fingerprint density at radius 3 is 2.76 bits per heavy atom.